The van der Waals surface area contributed by atoms with E-state index in [-0.39, 0.29) is 5.91 Å². The highest BCUT2D eigenvalue weighted by Crippen LogP contribution is 2.14. The summed E-state index contributed by atoms with van der Waals surface area (Å²) in [4.78, 5) is 13.7. The molecule has 1 aromatic carbocycles. The highest BCUT2D eigenvalue weighted by Gasteiger charge is 2.16. The summed E-state index contributed by atoms with van der Waals surface area (Å²) in [5, 5.41) is 0. The van der Waals surface area contributed by atoms with Crippen LogP contribution in [-0.4, -0.2) is 23.9 Å². The zero-order valence-corrected chi connectivity index (χ0v) is 10.3. The average molecular weight is 253 g/mol. The minimum Gasteiger partial charge on any atom is -0.343 e. The number of piperidine rings is 1. The number of nitrogens with zero attached hydrogens (tertiary/aromatic N) is 1. The molecule has 4 heteroatoms. The van der Waals surface area contributed by atoms with Crippen LogP contribution in [0.25, 0.3) is 0 Å². The van der Waals surface area contributed by atoms with Crippen LogP contribution < -0.4 is 0 Å². The number of hydrogen-bond donors (Lipinski definition) is 0. The van der Waals surface area contributed by atoms with Crippen molar-refractivity contribution in [2.45, 2.75) is 32.1 Å². The third kappa shape index (κ3) is 3.28. The van der Waals surface area contributed by atoms with Crippen molar-refractivity contribution in [3.8, 4) is 0 Å². The van der Waals surface area contributed by atoms with Crippen LogP contribution in [0.5, 0.6) is 0 Å². The second-order valence-corrected chi connectivity index (χ2v) is 4.68. The van der Waals surface area contributed by atoms with Gasteiger partial charge in [0.05, 0.1) is 0 Å². The topological polar surface area (TPSA) is 20.3 Å². The maximum Gasteiger partial charge on any atom is 0.222 e. The number of likely N-dealkylation sites (tertiary alicyclic amines) is 1. The Labute approximate surface area is 106 Å². The van der Waals surface area contributed by atoms with Gasteiger partial charge in [-0.2, -0.15) is 0 Å². The van der Waals surface area contributed by atoms with Gasteiger partial charge in [0, 0.05) is 25.6 Å². The fourth-order valence-electron chi connectivity index (χ4n) is 2.27. The van der Waals surface area contributed by atoms with Crippen LogP contribution in [0.1, 0.15) is 31.2 Å². The molecular weight excluding hydrogens is 236 g/mol. The lowest BCUT2D eigenvalue weighted by Gasteiger charge is -2.26. The van der Waals surface area contributed by atoms with Crippen LogP contribution in [0.3, 0.4) is 0 Å². The summed E-state index contributed by atoms with van der Waals surface area (Å²) in [6.45, 7) is 1.62. The van der Waals surface area contributed by atoms with E-state index in [2.05, 4.69) is 0 Å². The lowest BCUT2D eigenvalue weighted by molar-refractivity contribution is -0.132. The number of benzene rings is 1. The Morgan fingerprint density at radius 2 is 1.89 bits per heavy atom. The molecule has 0 aliphatic carbocycles. The summed E-state index contributed by atoms with van der Waals surface area (Å²) >= 11 is 0. The second kappa shape index (κ2) is 5.94. The Morgan fingerprint density at radius 3 is 2.56 bits per heavy atom. The quantitative estimate of drug-likeness (QED) is 0.811. The van der Waals surface area contributed by atoms with Crippen molar-refractivity contribution in [1.29, 1.82) is 0 Å². The number of hydrogen-bond acceptors (Lipinski definition) is 1. The molecule has 1 aromatic rings. The van der Waals surface area contributed by atoms with E-state index in [1.54, 1.807) is 0 Å². The van der Waals surface area contributed by atoms with Gasteiger partial charge in [-0.05, 0) is 37.3 Å². The molecule has 2 rings (SSSR count). The molecule has 0 atom stereocenters. The normalized spacial score (nSPS) is 15.8. The van der Waals surface area contributed by atoms with Crippen molar-refractivity contribution in [3.05, 3.63) is 35.4 Å². The Morgan fingerprint density at radius 1 is 1.17 bits per heavy atom. The molecule has 0 saturated carbocycles. The minimum absolute atomic E-state index is 0.0680. The molecule has 1 amide bonds. The molecular formula is C14H17F2NO. The van der Waals surface area contributed by atoms with E-state index in [9.17, 15) is 13.6 Å². The first kappa shape index (κ1) is 13.0. The number of carbonyl (C=O) groups excluding carboxylic acids is 1. The first-order chi connectivity index (χ1) is 8.66. The highest BCUT2D eigenvalue weighted by atomic mass is 19.1. The highest BCUT2D eigenvalue weighted by molar-refractivity contribution is 5.76. The Bertz CT molecular complexity index is 428. The molecule has 1 heterocycles. The number of halogens is 2. The van der Waals surface area contributed by atoms with Gasteiger partial charge in [-0.25, -0.2) is 8.78 Å². The maximum atomic E-state index is 13.4. The first-order valence-electron chi connectivity index (χ1n) is 6.38. The van der Waals surface area contributed by atoms with Gasteiger partial charge >= 0.3 is 0 Å². The van der Waals surface area contributed by atoms with Crippen molar-refractivity contribution in [3.63, 3.8) is 0 Å². The molecule has 0 unspecified atom stereocenters. The van der Waals surface area contributed by atoms with Crippen LogP contribution in [0.15, 0.2) is 18.2 Å². The van der Waals surface area contributed by atoms with Crippen molar-refractivity contribution in [2.24, 2.45) is 0 Å². The summed E-state index contributed by atoms with van der Waals surface area (Å²) in [6, 6.07) is 3.50. The average Bonchev–Trinajstić information content (AvgIpc) is 2.38. The predicted octanol–water partition coefficient (Wildman–Crippen LogP) is 2.91. The van der Waals surface area contributed by atoms with Gasteiger partial charge < -0.3 is 4.90 Å². The molecule has 1 saturated heterocycles. The largest absolute Gasteiger partial charge is 0.343 e. The molecule has 98 valence electrons. The number of aryl methyl sites for hydroxylation is 1. The Hall–Kier alpha value is -1.45. The van der Waals surface area contributed by atoms with Crippen LogP contribution in [-0.2, 0) is 11.2 Å². The number of rotatable bonds is 3. The zero-order chi connectivity index (χ0) is 13.0. The van der Waals surface area contributed by atoms with E-state index in [4.69, 9.17) is 0 Å². The molecule has 1 aliphatic heterocycles. The van der Waals surface area contributed by atoms with Gasteiger partial charge in [0.15, 0.2) is 0 Å². The van der Waals surface area contributed by atoms with Gasteiger partial charge in [0.2, 0.25) is 5.91 Å². The van der Waals surface area contributed by atoms with Crippen LogP contribution in [0.2, 0.25) is 0 Å². The molecule has 1 fully saturated rings. The number of carbonyl (C=O) groups is 1. The van der Waals surface area contributed by atoms with E-state index >= 15 is 0 Å². The van der Waals surface area contributed by atoms with Crippen LogP contribution in [0.4, 0.5) is 8.78 Å². The third-order valence-electron chi connectivity index (χ3n) is 3.33. The lowest BCUT2D eigenvalue weighted by atomic mass is 10.1. The predicted molar refractivity (Wildman–Crippen MR) is 65.1 cm³/mol. The fraction of sp³-hybridized carbons (Fsp3) is 0.500. The van der Waals surface area contributed by atoms with E-state index in [0.717, 1.165) is 32.0 Å². The van der Waals surface area contributed by atoms with Crippen LogP contribution >= 0.6 is 0 Å². The molecule has 2 nitrogen and oxygen atoms in total. The summed E-state index contributed by atoms with van der Waals surface area (Å²) in [7, 11) is 0. The van der Waals surface area contributed by atoms with Gasteiger partial charge in [-0.1, -0.05) is 6.07 Å². The van der Waals surface area contributed by atoms with Gasteiger partial charge in [-0.15, -0.1) is 0 Å². The summed E-state index contributed by atoms with van der Waals surface area (Å²) < 4.78 is 26.1. The standard InChI is InChI=1S/C14H17F2NO/c15-12-6-4-11(13(16)10-12)5-7-14(18)17-8-2-1-3-9-17/h4,6,10H,1-3,5,7-9H2. The lowest BCUT2D eigenvalue weighted by Crippen LogP contribution is -2.35. The molecule has 1 aliphatic rings. The molecule has 0 aromatic heterocycles. The molecule has 18 heavy (non-hydrogen) atoms. The monoisotopic (exact) mass is 253 g/mol. The first-order valence-corrected chi connectivity index (χ1v) is 6.38. The van der Waals surface area contributed by atoms with E-state index in [0.29, 0.717) is 18.4 Å². The Balaban J connectivity index is 1.88. The minimum atomic E-state index is -0.585. The molecule has 0 radical (unpaired) electrons. The fourth-order valence-corrected chi connectivity index (χ4v) is 2.27. The van der Waals surface area contributed by atoms with E-state index in [1.165, 1.54) is 18.6 Å². The van der Waals surface area contributed by atoms with Crippen molar-refractivity contribution >= 4 is 5.91 Å². The SMILES string of the molecule is O=C(CCc1ccc(F)cc1F)N1CCCCC1. The van der Waals surface area contributed by atoms with Crippen molar-refractivity contribution in [2.75, 3.05) is 13.1 Å². The molecule has 0 spiro atoms. The second-order valence-electron chi connectivity index (χ2n) is 4.68. The van der Waals surface area contributed by atoms with E-state index < -0.39 is 11.6 Å². The molecule has 0 bridgehead atoms. The van der Waals surface area contributed by atoms with Crippen molar-refractivity contribution in [1.82, 2.24) is 4.90 Å². The smallest absolute Gasteiger partial charge is 0.222 e. The van der Waals surface area contributed by atoms with Crippen LogP contribution in [0, 0.1) is 11.6 Å². The number of amides is 1. The van der Waals surface area contributed by atoms with Gasteiger partial charge in [-0.3, -0.25) is 4.79 Å². The zero-order valence-electron chi connectivity index (χ0n) is 10.3. The summed E-state index contributed by atoms with van der Waals surface area (Å²) in [5.41, 5.74) is 0.404. The summed E-state index contributed by atoms with van der Waals surface area (Å²) in [6.07, 6.45) is 3.91. The summed E-state index contributed by atoms with van der Waals surface area (Å²) in [5.74, 6) is -1.08. The Kier molecular flexibility index (Phi) is 4.28. The molecule has 0 N–H and O–H groups in total. The van der Waals surface area contributed by atoms with E-state index in [1.807, 2.05) is 4.90 Å². The van der Waals surface area contributed by atoms with Gasteiger partial charge in [0.25, 0.3) is 0 Å². The van der Waals surface area contributed by atoms with Crippen molar-refractivity contribution < 1.29 is 13.6 Å². The van der Waals surface area contributed by atoms with Gasteiger partial charge in [0.1, 0.15) is 11.6 Å². The maximum absolute atomic E-state index is 13.4. The third-order valence-corrected chi connectivity index (χ3v) is 3.33.